The Kier molecular flexibility index (Phi) is 12.3. The molecule has 2 aliphatic carbocycles. The summed E-state index contributed by atoms with van der Waals surface area (Å²) in [6, 6.07) is 2.17. The third kappa shape index (κ3) is 8.79. The normalized spacial score (nSPS) is 28.8. The first-order chi connectivity index (χ1) is 28.1. The van der Waals surface area contributed by atoms with E-state index < -0.39 is 92.6 Å². The van der Waals surface area contributed by atoms with Crippen LogP contribution >= 0.6 is 0 Å². The number of rotatable bonds is 10. The van der Waals surface area contributed by atoms with Crippen molar-refractivity contribution in [1.29, 1.82) is 0 Å². The highest BCUT2D eigenvalue weighted by Crippen LogP contribution is 2.48. The van der Waals surface area contributed by atoms with Gasteiger partial charge in [-0.3, -0.25) is 19.1 Å². The Balaban J connectivity index is 1.37. The predicted molar refractivity (Wildman–Crippen MR) is 208 cm³/mol. The molecule has 3 N–H and O–H groups in total. The van der Waals surface area contributed by atoms with Crippen molar-refractivity contribution in [2.45, 2.75) is 113 Å². The lowest BCUT2D eigenvalue weighted by Gasteiger charge is -2.34. The lowest BCUT2D eigenvalue weighted by Crippen LogP contribution is -2.60. The van der Waals surface area contributed by atoms with Gasteiger partial charge in [-0.1, -0.05) is 26.0 Å². The van der Waals surface area contributed by atoms with Crippen LogP contribution in [0.1, 0.15) is 72.6 Å². The van der Waals surface area contributed by atoms with E-state index >= 15 is 0 Å². The number of ether oxygens (including phenoxy) is 4. The van der Waals surface area contributed by atoms with Crippen LogP contribution in [0.2, 0.25) is 0 Å². The summed E-state index contributed by atoms with van der Waals surface area (Å²) >= 11 is 0. The minimum absolute atomic E-state index is 0.00261. The molecule has 1 saturated heterocycles. The molecule has 0 radical (unpaired) electrons. The minimum Gasteiger partial charge on any atom is -0.493 e. The number of hydrogen-bond acceptors (Lipinski definition) is 11. The Morgan fingerprint density at radius 2 is 1.75 bits per heavy atom. The van der Waals surface area contributed by atoms with Crippen molar-refractivity contribution in [2.75, 3.05) is 27.4 Å². The highest BCUT2D eigenvalue weighted by molar-refractivity contribution is 7.91. The molecule has 0 spiro atoms. The van der Waals surface area contributed by atoms with Gasteiger partial charge in [-0.15, -0.1) is 0 Å². The molecule has 1 aromatic heterocycles. The van der Waals surface area contributed by atoms with E-state index in [2.05, 4.69) is 15.6 Å². The lowest BCUT2D eigenvalue weighted by molar-refractivity contribution is -0.244. The molecule has 3 fully saturated rings. The highest BCUT2D eigenvalue weighted by atomic mass is 32.2. The summed E-state index contributed by atoms with van der Waals surface area (Å²) in [6.07, 6.45) is -1.15. The minimum atomic E-state index is -4.94. The largest absolute Gasteiger partial charge is 0.493 e. The van der Waals surface area contributed by atoms with Crippen LogP contribution in [0.3, 0.4) is 0 Å². The fourth-order valence-corrected chi connectivity index (χ4v) is 9.35. The Morgan fingerprint density at radius 3 is 2.38 bits per heavy atom. The van der Waals surface area contributed by atoms with E-state index in [1.807, 2.05) is 11.6 Å². The van der Waals surface area contributed by atoms with Crippen LogP contribution in [-0.2, 0) is 29.1 Å². The number of carbonyl (C=O) groups is 4. The molecule has 4 aliphatic rings. The average Bonchev–Trinajstić information content (AvgIpc) is 4.08. The predicted octanol–water partition coefficient (Wildman–Crippen LogP) is 4.87. The van der Waals surface area contributed by atoms with Gasteiger partial charge in [0.2, 0.25) is 33.3 Å². The van der Waals surface area contributed by atoms with E-state index in [-0.39, 0.29) is 44.0 Å². The number of halogens is 4. The average molecular weight is 870 g/mol. The van der Waals surface area contributed by atoms with Crippen LogP contribution in [0.25, 0.3) is 10.8 Å². The van der Waals surface area contributed by atoms with Gasteiger partial charge in [0, 0.05) is 23.9 Å². The molecular weight excluding hydrogens is 819 g/mol. The SMILES string of the molecule is COc1cc2ccnc(O[C@@H]3C[C@H]4C(=O)N[C@]5(C(=O)NS(=O)(=O)C6(CF)CC6)C[C@H]5/C=C\CC[C@H](C)C[C@@H](C)[C@H](NC(=O)OC(C)(C)C(F)(F)F)C(=O)N4C3)c2cc1OC. The number of sulfonamides is 1. The molecule has 0 unspecified atom stereocenters. The quantitative estimate of drug-likeness (QED) is 0.218. The molecule has 2 aromatic rings. The number of hydrogen-bond donors (Lipinski definition) is 3. The molecule has 1 aromatic carbocycles. The van der Waals surface area contributed by atoms with Crippen LogP contribution in [-0.4, -0.2) is 110 Å². The topological polar surface area (TPSA) is 192 Å². The van der Waals surface area contributed by atoms with Gasteiger partial charge in [0.15, 0.2) is 11.5 Å². The third-order valence-corrected chi connectivity index (χ3v) is 14.2. The van der Waals surface area contributed by atoms with Crippen molar-refractivity contribution in [3.05, 3.63) is 36.5 Å². The molecular formula is C40H51F4N5O10S. The number of pyridine rings is 1. The van der Waals surface area contributed by atoms with E-state index in [4.69, 9.17) is 18.9 Å². The molecule has 7 atom stereocenters. The molecule has 6 rings (SSSR count). The van der Waals surface area contributed by atoms with E-state index in [1.54, 1.807) is 37.3 Å². The first-order valence-electron chi connectivity index (χ1n) is 19.8. The van der Waals surface area contributed by atoms with E-state index in [0.29, 0.717) is 55.4 Å². The van der Waals surface area contributed by atoms with Gasteiger partial charge in [0.05, 0.1) is 20.8 Å². The van der Waals surface area contributed by atoms with Gasteiger partial charge < -0.3 is 34.5 Å². The van der Waals surface area contributed by atoms with Crippen molar-refractivity contribution < 1.29 is 64.1 Å². The van der Waals surface area contributed by atoms with Crippen LogP contribution in [0.4, 0.5) is 22.4 Å². The van der Waals surface area contributed by atoms with E-state index in [1.165, 1.54) is 20.4 Å². The van der Waals surface area contributed by atoms with Crippen molar-refractivity contribution >= 4 is 44.6 Å². The Labute approximate surface area is 345 Å². The van der Waals surface area contributed by atoms with Gasteiger partial charge in [-0.05, 0) is 87.8 Å². The number of alkyl carbamates (subject to hydrolysis) is 1. The monoisotopic (exact) mass is 869 g/mol. The van der Waals surface area contributed by atoms with Crippen LogP contribution < -0.4 is 29.6 Å². The van der Waals surface area contributed by atoms with Crippen molar-refractivity contribution in [2.24, 2.45) is 17.8 Å². The molecule has 60 heavy (non-hydrogen) atoms. The van der Waals surface area contributed by atoms with Crippen molar-refractivity contribution in [3.63, 3.8) is 0 Å². The maximum Gasteiger partial charge on any atom is 0.427 e. The molecule has 2 aliphatic heterocycles. The summed E-state index contributed by atoms with van der Waals surface area (Å²) < 4.78 is 104. The number of aromatic nitrogens is 1. The van der Waals surface area contributed by atoms with Gasteiger partial charge >= 0.3 is 12.3 Å². The summed E-state index contributed by atoms with van der Waals surface area (Å²) in [5.41, 5.74) is -4.69. The Morgan fingerprint density at radius 1 is 1.07 bits per heavy atom. The second-order valence-corrected chi connectivity index (χ2v) is 19.0. The Bertz CT molecular complexity index is 2150. The number of allylic oxidation sites excluding steroid dienone is 1. The second kappa shape index (κ2) is 16.5. The maximum atomic E-state index is 14.8. The van der Waals surface area contributed by atoms with E-state index in [9.17, 15) is 45.2 Å². The summed E-state index contributed by atoms with van der Waals surface area (Å²) in [6.45, 7) is 3.43. The number of nitrogens with one attached hydrogen (secondary N) is 3. The van der Waals surface area contributed by atoms with Crippen LogP contribution in [0.5, 0.6) is 17.4 Å². The second-order valence-electron chi connectivity index (χ2n) is 16.9. The standard InChI is InChI=1S/C40H51F4N5O10S/c1-22-9-7-8-10-25-19-39(25,35(52)48-60(54,55)38(21-41)12-13-38)47-32(50)28-17-26(58-33-27-18-30(57-6)29(56-5)16-24(27)11-14-45-33)20-49(28)34(51)31(23(2)15-22)46-36(53)59-37(3,4)40(42,43)44/h8,10-11,14,16,18,22-23,25-26,28,31H,7,9,12-13,15,17,19-21H2,1-6H3,(H,46,53)(H,47,50)(H,48,52)/b10-8-/t22-,23+,25+,26+,28-,31-,39+/m0/s1. The number of alkyl halides is 4. The molecule has 15 nitrogen and oxygen atoms in total. The zero-order chi connectivity index (χ0) is 44.0. The Hall–Kier alpha value is -4.88. The number of carbonyl (C=O) groups excluding carboxylic acids is 4. The summed E-state index contributed by atoms with van der Waals surface area (Å²) in [4.78, 5) is 61.9. The number of benzene rings is 1. The zero-order valence-electron chi connectivity index (χ0n) is 34.2. The lowest BCUT2D eigenvalue weighted by atomic mass is 9.88. The summed E-state index contributed by atoms with van der Waals surface area (Å²) in [5, 5.41) is 6.22. The smallest absolute Gasteiger partial charge is 0.427 e. The first-order valence-corrected chi connectivity index (χ1v) is 21.2. The molecule has 2 saturated carbocycles. The van der Waals surface area contributed by atoms with Gasteiger partial charge in [-0.2, -0.15) is 13.2 Å². The number of amides is 4. The number of fused-ring (bicyclic) bond motifs is 3. The fraction of sp³-hybridized carbons (Fsp3) is 0.625. The van der Waals surface area contributed by atoms with Crippen molar-refractivity contribution in [1.82, 2.24) is 25.2 Å². The molecule has 330 valence electrons. The molecule has 3 heterocycles. The highest BCUT2D eigenvalue weighted by Gasteiger charge is 2.64. The number of methoxy groups -OCH3 is 2. The summed E-state index contributed by atoms with van der Waals surface area (Å²) in [5.74, 6) is -3.26. The third-order valence-electron chi connectivity index (χ3n) is 12.1. The van der Waals surface area contributed by atoms with Crippen molar-refractivity contribution in [3.8, 4) is 17.4 Å². The van der Waals surface area contributed by atoms with E-state index in [0.717, 1.165) is 4.90 Å². The first kappa shape index (κ1) is 44.7. The molecule has 4 amide bonds. The molecule has 0 bridgehead atoms. The van der Waals surface area contributed by atoms with Gasteiger partial charge in [0.1, 0.15) is 35.1 Å². The zero-order valence-corrected chi connectivity index (χ0v) is 35.0. The number of nitrogens with zero attached hydrogens (tertiary/aromatic N) is 2. The van der Waals surface area contributed by atoms with Crippen LogP contribution in [0.15, 0.2) is 36.5 Å². The van der Waals surface area contributed by atoms with Gasteiger partial charge in [0.25, 0.3) is 5.91 Å². The maximum absolute atomic E-state index is 14.8. The van der Waals surface area contributed by atoms with Gasteiger partial charge in [-0.25, -0.2) is 22.6 Å². The summed E-state index contributed by atoms with van der Waals surface area (Å²) in [7, 11) is -1.55. The van der Waals surface area contributed by atoms with Crippen LogP contribution in [0, 0.1) is 17.8 Å². The molecule has 20 heteroatoms. The fourth-order valence-electron chi connectivity index (χ4n) is 7.92.